The number of ether oxygens (including phenoxy) is 2. The second-order valence-electron chi connectivity index (χ2n) is 18.9. The van der Waals surface area contributed by atoms with Crippen molar-refractivity contribution in [3.05, 3.63) is 48.6 Å². The van der Waals surface area contributed by atoms with Crippen LogP contribution in [0, 0.1) is 56.2 Å². The molecule has 4 fully saturated rings. The minimum Gasteiger partial charge on any atom is -0.465 e. The molecule has 4 nitrogen and oxygen atoms in total. The van der Waals surface area contributed by atoms with Crippen molar-refractivity contribution < 1.29 is 19.1 Å². The maximum absolute atomic E-state index is 13.1. The van der Waals surface area contributed by atoms with Crippen LogP contribution in [0.3, 0.4) is 0 Å². The normalized spacial score (nSPS) is 45.8. The third-order valence-corrected chi connectivity index (χ3v) is 15.5. The SMILES string of the molecule is C=C[C@]1(C)CC[C@@H]2C(=CC[C@H]3[C@@](C)(COC(=O)CC(=O)OC[C@@]4(C)CCC[C@@]5(C)[C@@H]6CC[C@@](C)(C=C)CC6=CC[C@@H]45)CCC[C@@]23C)C1. The number of carbonyl (C=O) groups excluding carboxylic acids is 2. The van der Waals surface area contributed by atoms with Crippen LogP contribution in [0.4, 0.5) is 0 Å². The van der Waals surface area contributed by atoms with Crippen molar-refractivity contribution in [2.45, 2.75) is 138 Å². The van der Waals surface area contributed by atoms with Gasteiger partial charge in [-0.25, -0.2) is 0 Å². The van der Waals surface area contributed by atoms with Gasteiger partial charge in [0.05, 0.1) is 13.2 Å². The van der Waals surface area contributed by atoms with E-state index in [0.29, 0.717) is 36.9 Å². The first-order chi connectivity index (χ1) is 22.1. The average Bonchev–Trinajstić information content (AvgIpc) is 3.02. The number of hydrogen-bond acceptors (Lipinski definition) is 4. The minimum absolute atomic E-state index is 0.0800. The van der Waals surface area contributed by atoms with E-state index in [-0.39, 0.29) is 38.9 Å². The largest absolute Gasteiger partial charge is 0.465 e. The number of hydrogen-bond donors (Lipinski definition) is 0. The fourth-order valence-corrected chi connectivity index (χ4v) is 12.5. The molecule has 47 heavy (non-hydrogen) atoms. The molecule has 0 aromatic rings. The predicted octanol–water partition coefficient (Wildman–Crippen LogP) is 10.7. The number of fused-ring (bicyclic) bond motifs is 6. The molecule has 260 valence electrons. The monoisotopic (exact) mass is 644 g/mol. The zero-order valence-corrected chi connectivity index (χ0v) is 30.7. The number of carbonyl (C=O) groups is 2. The topological polar surface area (TPSA) is 52.6 Å². The van der Waals surface area contributed by atoms with Crippen LogP contribution in [-0.4, -0.2) is 25.2 Å². The Morgan fingerprint density at radius 2 is 1.09 bits per heavy atom. The molecule has 0 spiro atoms. The first-order valence-corrected chi connectivity index (χ1v) is 19.1. The molecule has 4 heteroatoms. The third-order valence-electron chi connectivity index (χ3n) is 15.5. The van der Waals surface area contributed by atoms with Crippen LogP contribution in [0.5, 0.6) is 0 Å². The molecular formula is C43H64O4. The van der Waals surface area contributed by atoms with Gasteiger partial charge in [-0.3, -0.25) is 9.59 Å². The Labute approximate surface area is 286 Å². The maximum Gasteiger partial charge on any atom is 0.317 e. The standard InChI is InChI=1S/C43H64O4/c1-9-38(3)23-17-32-30(26-38)13-15-34-40(5,19-11-21-42(32,34)7)28-46-36(44)25-37(45)47-29-41(6)20-12-22-43(8)33-18-24-39(4,10-2)27-31(33)14-16-35(41)43/h9-10,13-14,32-35H,1-2,11-12,15-29H2,3-8H3/t32-,33-,34+,35+,38-,39-,40-,41-,42+,43+/m1/s1. The van der Waals surface area contributed by atoms with Crippen LogP contribution in [0.15, 0.2) is 48.6 Å². The quantitative estimate of drug-likeness (QED) is 0.150. The number of rotatable bonds is 8. The first kappa shape index (κ1) is 34.8. The molecule has 0 bridgehead atoms. The Morgan fingerprint density at radius 1 is 0.681 bits per heavy atom. The van der Waals surface area contributed by atoms with E-state index in [2.05, 4.69) is 79.0 Å². The highest BCUT2D eigenvalue weighted by molar-refractivity contribution is 5.91. The van der Waals surface area contributed by atoms with Crippen LogP contribution < -0.4 is 0 Å². The molecule has 0 aromatic heterocycles. The van der Waals surface area contributed by atoms with Crippen molar-refractivity contribution in [3.8, 4) is 0 Å². The van der Waals surface area contributed by atoms with E-state index in [0.717, 1.165) is 51.4 Å². The second-order valence-corrected chi connectivity index (χ2v) is 18.9. The Balaban J connectivity index is 1.04. The van der Waals surface area contributed by atoms with Crippen LogP contribution in [0.2, 0.25) is 0 Å². The van der Waals surface area contributed by atoms with Gasteiger partial charge in [-0.15, -0.1) is 13.2 Å². The summed E-state index contributed by atoms with van der Waals surface area (Å²) in [5.41, 5.74) is 3.98. The molecule has 0 unspecified atom stereocenters. The highest BCUT2D eigenvalue weighted by atomic mass is 16.6. The summed E-state index contributed by atoms with van der Waals surface area (Å²) in [5, 5.41) is 0. The van der Waals surface area contributed by atoms with E-state index in [1.807, 2.05) is 0 Å². The van der Waals surface area contributed by atoms with Gasteiger partial charge >= 0.3 is 11.9 Å². The molecule has 4 saturated carbocycles. The van der Waals surface area contributed by atoms with Gasteiger partial charge < -0.3 is 9.47 Å². The van der Waals surface area contributed by atoms with Crippen molar-refractivity contribution in [2.75, 3.05) is 13.2 Å². The number of esters is 2. The van der Waals surface area contributed by atoms with E-state index in [1.165, 1.54) is 38.5 Å². The molecule has 0 heterocycles. The summed E-state index contributed by atoms with van der Waals surface area (Å²) in [4.78, 5) is 26.2. The van der Waals surface area contributed by atoms with Crippen LogP contribution in [0.25, 0.3) is 0 Å². The van der Waals surface area contributed by atoms with Crippen LogP contribution in [0.1, 0.15) is 138 Å². The van der Waals surface area contributed by atoms with Gasteiger partial charge in [0.2, 0.25) is 0 Å². The van der Waals surface area contributed by atoms with Crippen LogP contribution in [-0.2, 0) is 19.1 Å². The minimum atomic E-state index is -0.439. The zero-order valence-electron chi connectivity index (χ0n) is 30.7. The summed E-state index contributed by atoms with van der Waals surface area (Å²) >= 11 is 0. The molecule has 0 saturated heterocycles. The fraction of sp³-hybridized carbons (Fsp3) is 0.767. The van der Waals surface area contributed by atoms with Crippen molar-refractivity contribution in [3.63, 3.8) is 0 Å². The van der Waals surface area contributed by atoms with Crippen molar-refractivity contribution >= 4 is 11.9 Å². The van der Waals surface area contributed by atoms with Crippen molar-refractivity contribution in [2.24, 2.45) is 56.2 Å². The van der Waals surface area contributed by atoms with E-state index < -0.39 is 11.9 Å². The average molecular weight is 645 g/mol. The highest BCUT2D eigenvalue weighted by Gasteiger charge is 2.57. The Kier molecular flexibility index (Phi) is 9.13. The molecule has 6 aliphatic rings. The highest BCUT2D eigenvalue weighted by Crippen LogP contribution is 2.65. The van der Waals surface area contributed by atoms with Gasteiger partial charge in [-0.05, 0) is 122 Å². The lowest BCUT2D eigenvalue weighted by Gasteiger charge is -2.59. The van der Waals surface area contributed by atoms with Crippen LogP contribution >= 0.6 is 0 Å². The lowest BCUT2D eigenvalue weighted by Crippen LogP contribution is -2.53. The third kappa shape index (κ3) is 6.16. The summed E-state index contributed by atoms with van der Waals surface area (Å²) in [6.45, 7) is 23.4. The summed E-state index contributed by atoms with van der Waals surface area (Å²) in [6, 6.07) is 0. The predicted molar refractivity (Wildman–Crippen MR) is 190 cm³/mol. The van der Waals surface area contributed by atoms with Crippen molar-refractivity contribution in [1.82, 2.24) is 0 Å². The molecule has 0 aromatic carbocycles. The summed E-state index contributed by atoms with van der Waals surface area (Å²) in [5.74, 6) is 1.30. The lowest BCUT2D eigenvalue weighted by molar-refractivity contribution is -0.165. The summed E-state index contributed by atoms with van der Waals surface area (Å²) in [7, 11) is 0. The maximum atomic E-state index is 13.1. The van der Waals surface area contributed by atoms with Gasteiger partial charge in [0, 0.05) is 10.8 Å². The molecule has 0 radical (unpaired) electrons. The van der Waals surface area contributed by atoms with E-state index in [1.54, 1.807) is 11.1 Å². The van der Waals surface area contributed by atoms with Gasteiger partial charge in [0.15, 0.2) is 0 Å². The van der Waals surface area contributed by atoms with E-state index in [9.17, 15) is 9.59 Å². The molecule has 10 atom stereocenters. The van der Waals surface area contributed by atoms with Gasteiger partial charge in [-0.1, -0.05) is 89.8 Å². The molecule has 0 aliphatic heterocycles. The Morgan fingerprint density at radius 3 is 1.47 bits per heavy atom. The molecule has 0 amide bonds. The van der Waals surface area contributed by atoms with Crippen molar-refractivity contribution in [1.29, 1.82) is 0 Å². The lowest BCUT2D eigenvalue weighted by atomic mass is 9.45. The Bertz CT molecular complexity index is 1240. The number of allylic oxidation sites excluding steroid dienone is 6. The van der Waals surface area contributed by atoms with Gasteiger partial charge in [-0.2, -0.15) is 0 Å². The Hall–Kier alpha value is -2.10. The smallest absolute Gasteiger partial charge is 0.317 e. The molecule has 0 N–H and O–H groups in total. The van der Waals surface area contributed by atoms with Gasteiger partial charge in [0.25, 0.3) is 0 Å². The zero-order chi connectivity index (χ0) is 33.9. The van der Waals surface area contributed by atoms with Gasteiger partial charge in [0.1, 0.15) is 6.42 Å². The summed E-state index contributed by atoms with van der Waals surface area (Å²) < 4.78 is 11.9. The molecule has 6 aliphatic carbocycles. The summed E-state index contributed by atoms with van der Waals surface area (Å²) in [6.07, 6.45) is 25.2. The second kappa shape index (κ2) is 12.3. The fourth-order valence-electron chi connectivity index (χ4n) is 12.5. The molecule has 6 rings (SSSR count). The molecular weight excluding hydrogens is 580 g/mol. The van der Waals surface area contributed by atoms with E-state index in [4.69, 9.17) is 9.47 Å². The van der Waals surface area contributed by atoms with E-state index >= 15 is 0 Å². The first-order valence-electron chi connectivity index (χ1n) is 19.1.